The molecule has 3 rings (SSSR count). The summed E-state index contributed by atoms with van der Waals surface area (Å²) in [6.07, 6.45) is 0. The Bertz CT molecular complexity index is 643. The first-order valence-electron chi connectivity index (χ1n) is 6.73. The Hall–Kier alpha value is -2.10. The van der Waals surface area contributed by atoms with Gasteiger partial charge in [0.2, 0.25) is 0 Å². The fraction of sp³-hybridized carbons (Fsp3) is 0.176. The molecule has 0 amide bonds. The first-order chi connectivity index (χ1) is 9.86. The molecular formula is C17H17NO2. The van der Waals surface area contributed by atoms with Gasteiger partial charge in [-0.25, -0.2) is 0 Å². The molecule has 0 spiro atoms. The summed E-state index contributed by atoms with van der Waals surface area (Å²) < 4.78 is 5.75. The number of hydrogen-bond acceptors (Lipinski definition) is 3. The molecule has 0 aliphatic rings. The molecule has 0 unspecified atom stereocenters. The van der Waals surface area contributed by atoms with E-state index in [9.17, 15) is 5.11 Å². The summed E-state index contributed by atoms with van der Waals surface area (Å²) in [7, 11) is 0. The second-order valence-electron chi connectivity index (χ2n) is 4.78. The standard InChI is InChI=1S/C17H17NO2/c19-12-16(13-6-2-1-3-7-13)18-11-15-10-14-8-4-5-9-17(14)20-15/h1-10,16,18-19H,11-12H2/t16-/m0/s1. The first kappa shape index (κ1) is 12.9. The van der Waals surface area contributed by atoms with Gasteiger partial charge in [0.25, 0.3) is 0 Å². The largest absolute Gasteiger partial charge is 0.460 e. The van der Waals surface area contributed by atoms with Gasteiger partial charge in [-0.15, -0.1) is 0 Å². The maximum absolute atomic E-state index is 9.50. The van der Waals surface area contributed by atoms with Crippen LogP contribution in [0.4, 0.5) is 0 Å². The van der Waals surface area contributed by atoms with E-state index in [0.717, 1.165) is 22.3 Å². The number of hydrogen-bond donors (Lipinski definition) is 2. The fourth-order valence-corrected chi connectivity index (χ4v) is 2.32. The number of aliphatic hydroxyl groups is 1. The highest BCUT2D eigenvalue weighted by molar-refractivity contribution is 5.77. The van der Waals surface area contributed by atoms with Gasteiger partial charge in [-0.1, -0.05) is 48.5 Å². The van der Waals surface area contributed by atoms with E-state index >= 15 is 0 Å². The molecule has 102 valence electrons. The zero-order chi connectivity index (χ0) is 13.8. The maximum atomic E-state index is 9.50. The highest BCUT2D eigenvalue weighted by Crippen LogP contribution is 2.19. The quantitative estimate of drug-likeness (QED) is 0.746. The zero-order valence-electron chi connectivity index (χ0n) is 11.1. The number of furan rings is 1. The minimum absolute atomic E-state index is 0.0598. The van der Waals surface area contributed by atoms with E-state index in [1.165, 1.54) is 0 Å². The molecule has 1 atom stereocenters. The Morgan fingerprint density at radius 2 is 1.75 bits per heavy atom. The summed E-state index contributed by atoms with van der Waals surface area (Å²) in [5, 5.41) is 13.9. The number of fused-ring (bicyclic) bond motifs is 1. The van der Waals surface area contributed by atoms with Crippen LogP contribution in [0.2, 0.25) is 0 Å². The Kier molecular flexibility index (Phi) is 3.81. The summed E-state index contributed by atoms with van der Waals surface area (Å²) in [6.45, 7) is 0.652. The molecule has 3 heteroatoms. The molecule has 1 aromatic heterocycles. The summed E-state index contributed by atoms with van der Waals surface area (Å²) >= 11 is 0. The van der Waals surface area contributed by atoms with Crippen LogP contribution in [0.5, 0.6) is 0 Å². The van der Waals surface area contributed by atoms with Gasteiger partial charge in [0.05, 0.1) is 19.2 Å². The molecule has 0 saturated heterocycles. The van der Waals surface area contributed by atoms with Crippen LogP contribution in [-0.2, 0) is 6.54 Å². The lowest BCUT2D eigenvalue weighted by molar-refractivity contribution is 0.241. The van der Waals surface area contributed by atoms with E-state index < -0.39 is 0 Å². The van der Waals surface area contributed by atoms with Gasteiger partial charge in [0.1, 0.15) is 11.3 Å². The van der Waals surface area contributed by atoms with Crippen molar-refractivity contribution < 1.29 is 9.52 Å². The van der Waals surface area contributed by atoms with Crippen molar-refractivity contribution in [1.29, 1.82) is 0 Å². The van der Waals surface area contributed by atoms with Gasteiger partial charge in [-0.2, -0.15) is 0 Å². The summed E-state index contributed by atoms with van der Waals surface area (Å²) in [4.78, 5) is 0. The first-order valence-corrected chi connectivity index (χ1v) is 6.73. The maximum Gasteiger partial charge on any atom is 0.134 e. The third-order valence-corrected chi connectivity index (χ3v) is 3.38. The molecule has 2 N–H and O–H groups in total. The minimum Gasteiger partial charge on any atom is -0.460 e. The fourth-order valence-electron chi connectivity index (χ4n) is 2.32. The van der Waals surface area contributed by atoms with Crippen molar-refractivity contribution in [3.05, 3.63) is 72.0 Å². The number of benzene rings is 2. The van der Waals surface area contributed by atoms with Crippen LogP contribution in [-0.4, -0.2) is 11.7 Å². The molecule has 0 aliphatic heterocycles. The van der Waals surface area contributed by atoms with Crippen LogP contribution in [0.25, 0.3) is 11.0 Å². The van der Waals surface area contributed by atoms with Gasteiger partial charge < -0.3 is 14.8 Å². The Labute approximate surface area is 117 Å². The second kappa shape index (κ2) is 5.90. The third kappa shape index (κ3) is 2.74. The third-order valence-electron chi connectivity index (χ3n) is 3.38. The molecular weight excluding hydrogens is 250 g/mol. The van der Waals surface area contributed by atoms with Crippen molar-refractivity contribution in [1.82, 2.24) is 5.32 Å². The van der Waals surface area contributed by atoms with Crippen LogP contribution in [0.15, 0.2) is 65.1 Å². The van der Waals surface area contributed by atoms with Gasteiger partial charge in [0, 0.05) is 5.39 Å². The van der Waals surface area contributed by atoms with E-state index in [1.807, 2.05) is 60.7 Å². The molecule has 3 aromatic rings. The van der Waals surface area contributed by atoms with Crippen LogP contribution < -0.4 is 5.32 Å². The SMILES string of the molecule is OC[C@H](NCc1cc2ccccc2o1)c1ccccc1. The van der Waals surface area contributed by atoms with Crippen molar-refractivity contribution >= 4 is 11.0 Å². The second-order valence-corrected chi connectivity index (χ2v) is 4.78. The lowest BCUT2D eigenvalue weighted by Gasteiger charge is -2.15. The molecule has 1 heterocycles. The summed E-state index contributed by atoms with van der Waals surface area (Å²) in [6, 6.07) is 19.8. The number of nitrogens with one attached hydrogen (secondary N) is 1. The summed E-state index contributed by atoms with van der Waals surface area (Å²) in [5.74, 6) is 0.876. The van der Waals surface area contributed by atoms with Crippen molar-refractivity contribution in [2.24, 2.45) is 0 Å². The van der Waals surface area contributed by atoms with Crippen molar-refractivity contribution in [2.75, 3.05) is 6.61 Å². The highest BCUT2D eigenvalue weighted by Gasteiger charge is 2.10. The minimum atomic E-state index is -0.0792. The predicted octanol–water partition coefficient (Wildman–Crippen LogP) is 3.26. The molecule has 0 aliphatic carbocycles. The van der Waals surface area contributed by atoms with Crippen LogP contribution in [0.3, 0.4) is 0 Å². The van der Waals surface area contributed by atoms with Crippen LogP contribution in [0.1, 0.15) is 17.4 Å². The smallest absolute Gasteiger partial charge is 0.134 e. The van der Waals surface area contributed by atoms with Gasteiger partial charge >= 0.3 is 0 Å². The molecule has 0 radical (unpaired) electrons. The van der Waals surface area contributed by atoms with E-state index in [0.29, 0.717) is 6.54 Å². The Balaban J connectivity index is 1.71. The molecule has 0 saturated carbocycles. The lowest BCUT2D eigenvalue weighted by Crippen LogP contribution is -2.23. The van der Waals surface area contributed by atoms with Gasteiger partial charge in [0.15, 0.2) is 0 Å². The topological polar surface area (TPSA) is 45.4 Å². The van der Waals surface area contributed by atoms with Gasteiger partial charge in [-0.05, 0) is 17.7 Å². The van der Waals surface area contributed by atoms with E-state index in [4.69, 9.17) is 4.42 Å². The van der Waals surface area contributed by atoms with Crippen LogP contribution >= 0.6 is 0 Å². The Morgan fingerprint density at radius 1 is 1.00 bits per heavy atom. The molecule has 3 nitrogen and oxygen atoms in total. The number of para-hydroxylation sites is 1. The van der Waals surface area contributed by atoms with E-state index in [1.54, 1.807) is 0 Å². The van der Waals surface area contributed by atoms with Gasteiger partial charge in [-0.3, -0.25) is 0 Å². The van der Waals surface area contributed by atoms with Crippen molar-refractivity contribution in [3.8, 4) is 0 Å². The van der Waals surface area contributed by atoms with Crippen molar-refractivity contribution in [2.45, 2.75) is 12.6 Å². The highest BCUT2D eigenvalue weighted by atomic mass is 16.3. The summed E-state index contributed by atoms with van der Waals surface area (Å²) in [5.41, 5.74) is 1.97. The van der Waals surface area contributed by atoms with E-state index in [2.05, 4.69) is 5.32 Å². The zero-order valence-corrected chi connectivity index (χ0v) is 11.1. The van der Waals surface area contributed by atoms with E-state index in [-0.39, 0.29) is 12.6 Å². The average Bonchev–Trinajstić information content (AvgIpc) is 2.92. The molecule has 2 aromatic carbocycles. The lowest BCUT2D eigenvalue weighted by atomic mass is 10.1. The molecule has 20 heavy (non-hydrogen) atoms. The van der Waals surface area contributed by atoms with Crippen molar-refractivity contribution in [3.63, 3.8) is 0 Å². The number of aliphatic hydroxyl groups excluding tert-OH is 1. The number of rotatable bonds is 5. The predicted molar refractivity (Wildman–Crippen MR) is 79.3 cm³/mol. The molecule has 0 bridgehead atoms. The monoisotopic (exact) mass is 267 g/mol. The molecule has 0 fully saturated rings. The normalized spacial score (nSPS) is 12.7. The average molecular weight is 267 g/mol. The van der Waals surface area contributed by atoms with Crippen LogP contribution in [0, 0.1) is 0 Å². The Morgan fingerprint density at radius 3 is 2.50 bits per heavy atom.